The van der Waals surface area contributed by atoms with Crippen molar-refractivity contribution in [1.82, 2.24) is 15.1 Å². The highest BCUT2D eigenvalue weighted by atomic mass is 79.9. The van der Waals surface area contributed by atoms with Crippen molar-refractivity contribution in [2.24, 2.45) is 4.99 Å². The van der Waals surface area contributed by atoms with Gasteiger partial charge in [-0.15, -0.1) is 6.58 Å². The average molecular weight is 367 g/mol. The molecule has 120 valence electrons. The molecule has 0 atom stereocenters. The van der Waals surface area contributed by atoms with Crippen LogP contribution in [0.15, 0.2) is 46.4 Å². The summed E-state index contributed by atoms with van der Waals surface area (Å²) < 4.78 is 1.05. The second-order valence-corrected chi connectivity index (χ2v) is 5.90. The van der Waals surface area contributed by atoms with E-state index in [0.29, 0.717) is 19.0 Å². The maximum absolute atomic E-state index is 11.7. The molecule has 1 N–H and O–H groups in total. The third-order valence-electron chi connectivity index (χ3n) is 2.99. The topological polar surface area (TPSA) is 47.9 Å². The number of hydrogen-bond acceptors (Lipinski definition) is 2. The van der Waals surface area contributed by atoms with Crippen molar-refractivity contribution in [1.29, 1.82) is 0 Å². The van der Waals surface area contributed by atoms with Gasteiger partial charge in [0.05, 0.1) is 0 Å². The smallest absolute Gasteiger partial charge is 0.243 e. The fourth-order valence-corrected chi connectivity index (χ4v) is 2.13. The number of halogens is 1. The van der Waals surface area contributed by atoms with Crippen LogP contribution in [0, 0.1) is 0 Å². The van der Waals surface area contributed by atoms with Gasteiger partial charge in [0.2, 0.25) is 5.91 Å². The lowest BCUT2D eigenvalue weighted by atomic mass is 10.2. The molecule has 0 heterocycles. The van der Waals surface area contributed by atoms with Gasteiger partial charge in [-0.3, -0.25) is 4.79 Å². The second-order valence-electron chi connectivity index (χ2n) is 5.05. The number of benzene rings is 1. The van der Waals surface area contributed by atoms with Crippen molar-refractivity contribution < 1.29 is 4.79 Å². The van der Waals surface area contributed by atoms with Crippen LogP contribution in [0.3, 0.4) is 0 Å². The van der Waals surface area contributed by atoms with Crippen molar-refractivity contribution in [3.63, 3.8) is 0 Å². The largest absolute Gasteiger partial charge is 0.353 e. The summed E-state index contributed by atoms with van der Waals surface area (Å²) in [4.78, 5) is 19.6. The standard InChI is InChI=1S/C16H23BrN4O/c1-5-10-18-16(19-11-15(22)20(2)3)21(4)12-13-8-6-7-9-14(13)17/h5-9H,1,10-12H2,2-4H3,(H,18,19). The molecule has 0 radical (unpaired) electrons. The Balaban J connectivity index is 2.81. The Kier molecular flexibility index (Phi) is 7.66. The van der Waals surface area contributed by atoms with Gasteiger partial charge < -0.3 is 15.1 Å². The molecule has 5 nitrogen and oxygen atoms in total. The van der Waals surface area contributed by atoms with Crippen molar-refractivity contribution >= 4 is 27.8 Å². The van der Waals surface area contributed by atoms with E-state index in [2.05, 4.69) is 38.9 Å². The molecule has 1 aromatic carbocycles. The first-order valence-corrected chi connectivity index (χ1v) is 7.79. The Morgan fingerprint density at radius 1 is 1.36 bits per heavy atom. The molecule has 22 heavy (non-hydrogen) atoms. The molecule has 1 rings (SSSR count). The van der Waals surface area contributed by atoms with Gasteiger partial charge in [-0.05, 0) is 11.6 Å². The Bertz CT molecular complexity index is 543. The van der Waals surface area contributed by atoms with Gasteiger partial charge in [-0.25, -0.2) is 4.99 Å². The van der Waals surface area contributed by atoms with Crippen LogP contribution < -0.4 is 5.32 Å². The molecule has 0 saturated heterocycles. The fraction of sp³-hybridized carbons (Fsp3) is 0.375. The Morgan fingerprint density at radius 2 is 2.05 bits per heavy atom. The first-order chi connectivity index (χ1) is 10.5. The van der Waals surface area contributed by atoms with Crippen molar-refractivity contribution in [3.05, 3.63) is 47.0 Å². The summed E-state index contributed by atoms with van der Waals surface area (Å²) in [5.41, 5.74) is 1.15. The number of aliphatic imine (C=N–C) groups is 1. The molecule has 0 aliphatic rings. The highest BCUT2D eigenvalue weighted by Crippen LogP contribution is 2.17. The maximum atomic E-state index is 11.7. The molecule has 0 saturated carbocycles. The van der Waals surface area contributed by atoms with Crippen LogP contribution in [0.4, 0.5) is 0 Å². The van der Waals surface area contributed by atoms with Crippen LogP contribution in [0.2, 0.25) is 0 Å². The zero-order valence-electron chi connectivity index (χ0n) is 13.3. The van der Waals surface area contributed by atoms with E-state index in [1.165, 1.54) is 4.90 Å². The predicted octanol–water partition coefficient (Wildman–Crippen LogP) is 2.10. The van der Waals surface area contributed by atoms with Crippen molar-refractivity contribution in [2.75, 3.05) is 34.2 Å². The van der Waals surface area contributed by atoms with E-state index in [1.54, 1.807) is 20.2 Å². The summed E-state index contributed by atoms with van der Waals surface area (Å²) >= 11 is 3.54. The summed E-state index contributed by atoms with van der Waals surface area (Å²) in [5, 5.41) is 3.18. The molecule has 0 unspecified atom stereocenters. The highest BCUT2D eigenvalue weighted by molar-refractivity contribution is 9.10. The molecule has 0 aromatic heterocycles. The number of carbonyl (C=O) groups excluding carboxylic acids is 1. The number of rotatable bonds is 6. The number of nitrogens with one attached hydrogen (secondary N) is 1. The quantitative estimate of drug-likeness (QED) is 0.476. The molecule has 0 bridgehead atoms. The molecule has 6 heteroatoms. The molecular weight excluding hydrogens is 344 g/mol. The lowest BCUT2D eigenvalue weighted by Gasteiger charge is -2.23. The number of amides is 1. The van der Waals surface area contributed by atoms with Crippen LogP contribution >= 0.6 is 15.9 Å². The van der Waals surface area contributed by atoms with E-state index in [1.807, 2.05) is 30.1 Å². The fourth-order valence-electron chi connectivity index (χ4n) is 1.72. The predicted molar refractivity (Wildman–Crippen MR) is 94.8 cm³/mol. The van der Waals surface area contributed by atoms with Crippen LogP contribution in [0.1, 0.15) is 5.56 Å². The third kappa shape index (κ3) is 5.89. The van der Waals surface area contributed by atoms with Gasteiger partial charge in [0.25, 0.3) is 0 Å². The molecule has 0 fully saturated rings. The monoisotopic (exact) mass is 366 g/mol. The van der Waals surface area contributed by atoms with Gasteiger partial charge in [-0.1, -0.05) is 40.2 Å². The Labute approximate surface area is 140 Å². The average Bonchev–Trinajstić information content (AvgIpc) is 2.49. The highest BCUT2D eigenvalue weighted by Gasteiger charge is 2.10. The minimum Gasteiger partial charge on any atom is -0.353 e. The minimum atomic E-state index is -0.0350. The van der Waals surface area contributed by atoms with Crippen molar-refractivity contribution in [3.8, 4) is 0 Å². The van der Waals surface area contributed by atoms with Crippen LogP contribution in [-0.4, -0.2) is 55.9 Å². The van der Waals surface area contributed by atoms with E-state index in [-0.39, 0.29) is 12.5 Å². The van der Waals surface area contributed by atoms with Crippen molar-refractivity contribution in [2.45, 2.75) is 6.54 Å². The molecular formula is C16H23BrN4O. The first-order valence-electron chi connectivity index (χ1n) is 6.99. The van der Waals surface area contributed by atoms with Crippen LogP contribution in [0.5, 0.6) is 0 Å². The second kappa shape index (κ2) is 9.25. The number of nitrogens with zero attached hydrogens (tertiary/aromatic N) is 3. The van der Waals surface area contributed by atoms with Gasteiger partial charge in [-0.2, -0.15) is 0 Å². The van der Waals surface area contributed by atoms with E-state index >= 15 is 0 Å². The van der Waals surface area contributed by atoms with Gasteiger partial charge >= 0.3 is 0 Å². The van der Waals surface area contributed by atoms with Gasteiger partial charge in [0, 0.05) is 38.7 Å². The van der Waals surface area contributed by atoms with E-state index in [9.17, 15) is 4.79 Å². The summed E-state index contributed by atoms with van der Waals surface area (Å²) in [6.45, 7) is 5.09. The molecule has 1 aromatic rings. The zero-order chi connectivity index (χ0) is 16.5. The number of likely N-dealkylation sites (N-methyl/N-ethyl adjacent to an activating group) is 1. The van der Waals surface area contributed by atoms with Crippen LogP contribution in [-0.2, 0) is 11.3 Å². The minimum absolute atomic E-state index is 0.0350. The van der Waals surface area contributed by atoms with Crippen LogP contribution in [0.25, 0.3) is 0 Å². The Morgan fingerprint density at radius 3 is 2.64 bits per heavy atom. The summed E-state index contributed by atoms with van der Waals surface area (Å²) in [6.07, 6.45) is 1.76. The van der Waals surface area contributed by atoms with Gasteiger partial charge in [0.1, 0.15) is 6.54 Å². The van der Waals surface area contributed by atoms with E-state index in [4.69, 9.17) is 0 Å². The molecule has 1 amide bonds. The normalized spacial score (nSPS) is 11.0. The molecule has 0 aliphatic heterocycles. The summed E-state index contributed by atoms with van der Waals surface area (Å²) in [6, 6.07) is 8.04. The van der Waals surface area contributed by atoms with Gasteiger partial charge in [0.15, 0.2) is 5.96 Å². The maximum Gasteiger partial charge on any atom is 0.243 e. The lowest BCUT2D eigenvalue weighted by Crippen LogP contribution is -2.39. The van der Waals surface area contributed by atoms with E-state index < -0.39 is 0 Å². The summed E-state index contributed by atoms with van der Waals surface area (Å²) in [7, 11) is 5.38. The number of guanidine groups is 1. The molecule has 0 spiro atoms. The SMILES string of the molecule is C=CCNC(=NCC(=O)N(C)C)N(C)Cc1ccccc1Br. The molecule has 0 aliphatic carbocycles. The van der Waals surface area contributed by atoms with E-state index in [0.717, 1.165) is 10.0 Å². The Hall–Kier alpha value is -1.82. The zero-order valence-corrected chi connectivity index (χ0v) is 14.9. The third-order valence-corrected chi connectivity index (χ3v) is 3.77. The lowest BCUT2D eigenvalue weighted by molar-refractivity contribution is -0.127. The summed E-state index contributed by atoms with van der Waals surface area (Å²) in [5.74, 6) is 0.637. The number of hydrogen-bond donors (Lipinski definition) is 1. The number of carbonyl (C=O) groups is 1. The first kappa shape index (κ1) is 18.2.